The Morgan fingerprint density at radius 2 is 1.48 bits per heavy atom. The van der Waals surface area contributed by atoms with E-state index in [-0.39, 0.29) is 4.90 Å². The molecule has 0 bridgehead atoms. The molecule has 0 fully saturated rings. The van der Waals surface area contributed by atoms with Crippen LogP contribution in [0.3, 0.4) is 0 Å². The van der Waals surface area contributed by atoms with Gasteiger partial charge in [0.15, 0.2) is 0 Å². The second-order valence-corrected chi connectivity index (χ2v) is 8.98. The van der Waals surface area contributed by atoms with Crippen LogP contribution >= 0.6 is 0 Å². The smallest absolute Gasteiger partial charge is 0.241 e. The van der Waals surface area contributed by atoms with Gasteiger partial charge in [0.25, 0.3) is 0 Å². The Morgan fingerprint density at radius 1 is 0.920 bits per heavy atom. The number of hydrogen-bond acceptors (Lipinski definition) is 5. The molecule has 7 nitrogen and oxygen atoms in total. The van der Waals surface area contributed by atoms with Gasteiger partial charge in [-0.1, -0.05) is 12.1 Å². The predicted octanol–water partition coefficient (Wildman–Crippen LogP) is 2.11. The highest BCUT2D eigenvalue weighted by Crippen LogP contribution is 2.21. The van der Waals surface area contributed by atoms with E-state index in [9.17, 15) is 16.8 Å². The van der Waals surface area contributed by atoms with Crippen LogP contribution in [0.15, 0.2) is 53.4 Å². The van der Waals surface area contributed by atoms with Gasteiger partial charge in [0.1, 0.15) is 5.75 Å². The maximum Gasteiger partial charge on any atom is 0.241 e. The zero-order valence-electron chi connectivity index (χ0n) is 14.1. The zero-order valence-corrected chi connectivity index (χ0v) is 15.7. The molecular formula is C16H20N2O5S2. The minimum atomic E-state index is -3.74. The number of ether oxygens (including phenoxy) is 1. The molecule has 0 aliphatic rings. The molecule has 2 rings (SSSR count). The molecule has 9 heteroatoms. The fourth-order valence-electron chi connectivity index (χ4n) is 2.18. The summed E-state index contributed by atoms with van der Waals surface area (Å²) in [7, 11) is -5.59. The summed E-state index contributed by atoms with van der Waals surface area (Å²) >= 11 is 0. The van der Waals surface area contributed by atoms with Gasteiger partial charge in [-0.3, -0.25) is 4.72 Å². The molecule has 136 valence electrons. The molecule has 2 aromatic rings. The van der Waals surface area contributed by atoms with Crippen LogP contribution in [0.1, 0.15) is 18.5 Å². The normalized spacial score (nSPS) is 13.2. The largest absolute Gasteiger partial charge is 0.497 e. The average molecular weight is 384 g/mol. The topological polar surface area (TPSA) is 102 Å². The van der Waals surface area contributed by atoms with E-state index < -0.39 is 26.1 Å². The van der Waals surface area contributed by atoms with E-state index in [4.69, 9.17) is 4.74 Å². The van der Waals surface area contributed by atoms with E-state index in [2.05, 4.69) is 9.44 Å². The van der Waals surface area contributed by atoms with Crippen molar-refractivity contribution in [3.8, 4) is 5.75 Å². The molecule has 2 N–H and O–H groups in total. The first-order chi connectivity index (χ1) is 11.6. The Hall–Kier alpha value is -2.10. The Kier molecular flexibility index (Phi) is 5.71. The molecule has 0 aliphatic heterocycles. The number of methoxy groups -OCH3 is 1. The van der Waals surface area contributed by atoms with Crippen molar-refractivity contribution in [1.82, 2.24) is 4.72 Å². The molecule has 1 atom stereocenters. The van der Waals surface area contributed by atoms with Crippen molar-refractivity contribution in [3.05, 3.63) is 54.1 Å². The van der Waals surface area contributed by atoms with Gasteiger partial charge in [0, 0.05) is 11.7 Å². The monoisotopic (exact) mass is 384 g/mol. The number of nitrogens with one attached hydrogen (secondary N) is 2. The minimum Gasteiger partial charge on any atom is -0.497 e. The van der Waals surface area contributed by atoms with E-state index in [0.717, 1.165) is 11.8 Å². The molecule has 1 unspecified atom stereocenters. The summed E-state index contributed by atoms with van der Waals surface area (Å²) in [5, 5.41) is 0. The molecule has 0 saturated carbocycles. The lowest BCUT2D eigenvalue weighted by Crippen LogP contribution is -2.26. The molecule has 25 heavy (non-hydrogen) atoms. The van der Waals surface area contributed by atoms with Crippen molar-refractivity contribution < 1.29 is 21.6 Å². The van der Waals surface area contributed by atoms with Crippen LogP contribution in [0.5, 0.6) is 5.75 Å². The maximum absolute atomic E-state index is 12.5. The second-order valence-electron chi connectivity index (χ2n) is 5.51. The fraction of sp³-hybridized carbons (Fsp3) is 0.250. The maximum atomic E-state index is 12.5. The molecule has 0 radical (unpaired) electrons. The molecule has 2 aromatic carbocycles. The lowest BCUT2D eigenvalue weighted by molar-refractivity contribution is 0.414. The van der Waals surface area contributed by atoms with E-state index in [1.165, 1.54) is 24.3 Å². The molecule has 0 spiro atoms. The molecule has 0 aromatic heterocycles. The molecule has 0 aliphatic carbocycles. The Bertz CT molecular complexity index is 921. The molecule has 0 saturated heterocycles. The summed E-state index contributed by atoms with van der Waals surface area (Å²) < 4.78 is 57.2. The van der Waals surface area contributed by atoms with Crippen molar-refractivity contribution in [3.63, 3.8) is 0 Å². The average Bonchev–Trinajstić information content (AvgIpc) is 2.53. The van der Waals surface area contributed by atoms with Crippen LogP contribution in [0, 0.1) is 0 Å². The van der Waals surface area contributed by atoms with Crippen LogP contribution in [-0.4, -0.2) is 30.2 Å². The number of anilines is 1. The third kappa shape index (κ3) is 5.45. The van der Waals surface area contributed by atoms with Crippen LogP contribution in [-0.2, 0) is 20.0 Å². The van der Waals surface area contributed by atoms with Gasteiger partial charge in [0.2, 0.25) is 20.0 Å². The summed E-state index contributed by atoms with van der Waals surface area (Å²) in [5.74, 6) is 0.688. The minimum absolute atomic E-state index is 0.0481. The highest BCUT2D eigenvalue weighted by atomic mass is 32.2. The third-order valence-corrected chi connectivity index (χ3v) is 5.58. The quantitative estimate of drug-likeness (QED) is 0.761. The van der Waals surface area contributed by atoms with Crippen molar-refractivity contribution >= 4 is 25.7 Å². The summed E-state index contributed by atoms with van der Waals surface area (Å²) in [6.07, 6.45) is 1.02. The van der Waals surface area contributed by atoms with Crippen LogP contribution in [0.2, 0.25) is 0 Å². The molecule has 0 amide bonds. The lowest BCUT2D eigenvalue weighted by atomic mass is 10.1. The number of sulfonamides is 2. The summed E-state index contributed by atoms with van der Waals surface area (Å²) in [6.45, 7) is 1.74. The molecular weight excluding hydrogens is 364 g/mol. The fourth-order valence-corrected chi connectivity index (χ4v) is 3.97. The van der Waals surface area contributed by atoms with E-state index in [1.807, 2.05) is 0 Å². The van der Waals surface area contributed by atoms with Gasteiger partial charge >= 0.3 is 0 Å². The van der Waals surface area contributed by atoms with Gasteiger partial charge < -0.3 is 4.74 Å². The number of benzene rings is 2. The SMILES string of the molecule is COc1ccc(C(C)NS(=O)(=O)c2ccc(NS(C)(=O)=O)cc2)cc1. The summed E-state index contributed by atoms with van der Waals surface area (Å²) in [6, 6.07) is 12.1. The highest BCUT2D eigenvalue weighted by molar-refractivity contribution is 7.92. The number of hydrogen-bond donors (Lipinski definition) is 2. The van der Waals surface area contributed by atoms with E-state index in [1.54, 1.807) is 38.3 Å². The highest BCUT2D eigenvalue weighted by Gasteiger charge is 2.18. The van der Waals surface area contributed by atoms with Gasteiger partial charge in [-0.2, -0.15) is 0 Å². The Balaban J connectivity index is 2.14. The summed E-state index contributed by atoms with van der Waals surface area (Å²) in [4.78, 5) is 0.0481. The standard InChI is InChI=1S/C16H20N2O5S2/c1-12(13-4-8-15(23-2)9-5-13)17-25(21,22)16-10-6-14(7-11-16)18-24(3,19)20/h4-12,17-18H,1-3H3. The van der Waals surface area contributed by atoms with Gasteiger partial charge in [-0.25, -0.2) is 21.6 Å². The lowest BCUT2D eigenvalue weighted by Gasteiger charge is -2.15. The van der Waals surface area contributed by atoms with Crippen molar-refractivity contribution in [2.75, 3.05) is 18.1 Å². The zero-order chi connectivity index (χ0) is 18.7. The van der Waals surface area contributed by atoms with Crippen molar-refractivity contribution in [1.29, 1.82) is 0 Å². The van der Waals surface area contributed by atoms with Crippen LogP contribution in [0.25, 0.3) is 0 Å². The first-order valence-electron chi connectivity index (χ1n) is 7.35. The molecule has 0 heterocycles. The first-order valence-corrected chi connectivity index (χ1v) is 10.7. The van der Waals surface area contributed by atoms with E-state index in [0.29, 0.717) is 11.4 Å². The van der Waals surface area contributed by atoms with Gasteiger partial charge in [0.05, 0.1) is 18.3 Å². The van der Waals surface area contributed by atoms with E-state index >= 15 is 0 Å². The second kappa shape index (κ2) is 7.42. The Morgan fingerprint density at radius 3 is 1.96 bits per heavy atom. The van der Waals surface area contributed by atoms with Gasteiger partial charge in [-0.15, -0.1) is 0 Å². The van der Waals surface area contributed by atoms with Gasteiger partial charge in [-0.05, 0) is 48.9 Å². The van der Waals surface area contributed by atoms with Crippen molar-refractivity contribution in [2.24, 2.45) is 0 Å². The third-order valence-electron chi connectivity index (χ3n) is 3.42. The summed E-state index contributed by atoms with van der Waals surface area (Å²) in [5.41, 5.74) is 1.09. The first kappa shape index (κ1) is 19.2. The number of rotatable bonds is 7. The van der Waals surface area contributed by atoms with Crippen LogP contribution < -0.4 is 14.2 Å². The van der Waals surface area contributed by atoms with Crippen LogP contribution in [0.4, 0.5) is 5.69 Å². The predicted molar refractivity (Wildman–Crippen MR) is 96.6 cm³/mol. The van der Waals surface area contributed by atoms with Crippen molar-refractivity contribution in [2.45, 2.75) is 17.9 Å². The Labute approximate surface area is 148 Å².